The van der Waals surface area contributed by atoms with Crippen molar-refractivity contribution in [1.29, 1.82) is 0 Å². The largest absolute Gasteiger partial charge is 0.494 e. The van der Waals surface area contributed by atoms with Gasteiger partial charge in [0.25, 0.3) is 0 Å². The van der Waals surface area contributed by atoms with E-state index in [1.54, 1.807) is 22.8 Å². The van der Waals surface area contributed by atoms with Gasteiger partial charge in [-0.25, -0.2) is 0 Å². The molecule has 0 saturated carbocycles. The number of hydrogen-bond acceptors (Lipinski definition) is 4. The van der Waals surface area contributed by atoms with Gasteiger partial charge in [0, 0.05) is 18.0 Å². The Morgan fingerprint density at radius 3 is 2.29 bits per heavy atom. The van der Waals surface area contributed by atoms with Crippen LogP contribution in [-0.2, 0) is 22.6 Å². The number of benzene rings is 3. The molecule has 0 fully saturated rings. The summed E-state index contributed by atoms with van der Waals surface area (Å²) in [7, 11) is 0. The lowest BCUT2D eigenvalue weighted by Gasteiger charge is -2.09. The van der Waals surface area contributed by atoms with Gasteiger partial charge in [-0.2, -0.15) is 0 Å². The molecule has 2 N–H and O–H groups in total. The number of unbranched alkanes of at least 4 members (excludes halogenated alkanes) is 1. The van der Waals surface area contributed by atoms with Gasteiger partial charge in [0.1, 0.15) is 23.1 Å². The minimum atomic E-state index is -0.939. The molecule has 0 bridgehead atoms. The number of halogens is 2. The Bertz CT molecular complexity index is 1530. The third-order valence-corrected chi connectivity index (χ3v) is 7.27. The van der Waals surface area contributed by atoms with Gasteiger partial charge in [0.05, 0.1) is 23.8 Å². The van der Waals surface area contributed by atoms with E-state index < -0.39 is 11.9 Å². The fraction of sp³-hybridized carbons (Fsp3) is 0.250. The van der Waals surface area contributed by atoms with E-state index in [4.69, 9.17) is 37.8 Å². The first kappa shape index (κ1) is 30.0. The van der Waals surface area contributed by atoms with Crippen LogP contribution in [0.4, 0.5) is 0 Å². The van der Waals surface area contributed by atoms with Crippen LogP contribution in [0.5, 0.6) is 11.5 Å². The number of aliphatic carboxylic acids is 2. The Morgan fingerprint density at radius 2 is 1.56 bits per heavy atom. The molecule has 0 aliphatic rings. The van der Waals surface area contributed by atoms with Crippen molar-refractivity contribution < 1.29 is 29.3 Å². The van der Waals surface area contributed by atoms with Crippen LogP contribution in [0.25, 0.3) is 23.1 Å². The summed E-state index contributed by atoms with van der Waals surface area (Å²) >= 11 is 12.1. The molecule has 41 heavy (non-hydrogen) atoms. The van der Waals surface area contributed by atoms with Crippen LogP contribution in [0.3, 0.4) is 0 Å². The van der Waals surface area contributed by atoms with Crippen LogP contribution in [0.1, 0.15) is 42.4 Å². The molecule has 1 heterocycles. The molecule has 0 saturated heterocycles. The van der Waals surface area contributed by atoms with E-state index in [0.29, 0.717) is 41.9 Å². The van der Waals surface area contributed by atoms with E-state index in [0.717, 1.165) is 46.2 Å². The smallest absolute Gasteiger partial charge is 0.323 e. The van der Waals surface area contributed by atoms with Gasteiger partial charge >= 0.3 is 11.9 Å². The molecule has 3 aromatic carbocycles. The monoisotopic (exact) mass is 595 g/mol. The number of rotatable bonds is 15. The summed E-state index contributed by atoms with van der Waals surface area (Å²) < 4.78 is 13.3. The molecule has 0 unspecified atom stereocenters. The Kier molecular flexibility index (Phi) is 10.7. The number of aromatic nitrogens is 1. The highest BCUT2D eigenvalue weighted by Crippen LogP contribution is 2.31. The minimum Gasteiger partial charge on any atom is -0.494 e. The van der Waals surface area contributed by atoms with Crippen molar-refractivity contribution in [3.05, 3.63) is 93.6 Å². The number of hydrogen-bond donors (Lipinski definition) is 2. The number of carboxylic acids is 2. The summed E-state index contributed by atoms with van der Waals surface area (Å²) in [5.41, 5.74) is 3.62. The van der Waals surface area contributed by atoms with E-state index in [9.17, 15) is 14.7 Å². The average Bonchev–Trinajstić information content (AvgIpc) is 3.29. The Morgan fingerprint density at radius 1 is 0.829 bits per heavy atom. The minimum absolute atomic E-state index is 0.0681. The molecule has 0 aliphatic heterocycles. The van der Waals surface area contributed by atoms with Crippen molar-refractivity contribution in [3.63, 3.8) is 0 Å². The number of aryl methyl sites for hydroxylation is 1. The normalized spacial score (nSPS) is 11.3. The van der Waals surface area contributed by atoms with Crippen molar-refractivity contribution in [2.75, 3.05) is 13.2 Å². The fourth-order valence-electron chi connectivity index (χ4n) is 4.53. The van der Waals surface area contributed by atoms with E-state index >= 15 is 0 Å². The van der Waals surface area contributed by atoms with E-state index in [1.807, 2.05) is 60.8 Å². The molecule has 1 aromatic heterocycles. The highest BCUT2D eigenvalue weighted by atomic mass is 35.5. The maximum absolute atomic E-state index is 11.5. The van der Waals surface area contributed by atoms with Gasteiger partial charge in [-0.1, -0.05) is 71.8 Å². The number of carbonyl (C=O) groups is 2. The lowest BCUT2D eigenvalue weighted by molar-refractivity contribution is -0.138. The highest BCUT2D eigenvalue weighted by Gasteiger charge is 2.13. The van der Waals surface area contributed by atoms with Crippen molar-refractivity contribution in [2.45, 2.75) is 38.6 Å². The quantitative estimate of drug-likeness (QED) is 0.107. The van der Waals surface area contributed by atoms with Crippen LogP contribution in [0.15, 0.2) is 66.9 Å². The van der Waals surface area contributed by atoms with Gasteiger partial charge in [-0.05, 0) is 66.6 Å². The van der Waals surface area contributed by atoms with Crippen molar-refractivity contribution in [3.8, 4) is 11.5 Å². The molecule has 4 rings (SSSR count). The van der Waals surface area contributed by atoms with Gasteiger partial charge in [-0.15, -0.1) is 0 Å². The first-order valence-electron chi connectivity index (χ1n) is 13.3. The molecule has 0 amide bonds. The van der Waals surface area contributed by atoms with Gasteiger partial charge in [0.2, 0.25) is 0 Å². The van der Waals surface area contributed by atoms with E-state index in [1.165, 1.54) is 0 Å². The topological polar surface area (TPSA) is 98.0 Å². The molecule has 214 valence electrons. The second-order valence-electron chi connectivity index (χ2n) is 9.53. The maximum atomic E-state index is 11.5. The first-order chi connectivity index (χ1) is 19.8. The molecule has 9 heteroatoms. The van der Waals surface area contributed by atoms with Crippen LogP contribution < -0.4 is 9.47 Å². The second kappa shape index (κ2) is 14.6. The Labute approximate surface area is 248 Å². The third kappa shape index (κ3) is 8.52. The predicted octanol–water partition coefficient (Wildman–Crippen LogP) is 7.85. The molecule has 7 nitrogen and oxygen atoms in total. The van der Waals surface area contributed by atoms with Gasteiger partial charge < -0.3 is 24.3 Å². The zero-order chi connectivity index (χ0) is 29.2. The third-order valence-electron chi connectivity index (χ3n) is 6.47. The average molecular weight is 597 g/mol. The number of nitrogens with zero attached hydrogens (tertiary/aromatic N) is 1. The molecule has 0 aliphatic carbocycles. The SMILES string of the molecule is O=C(O)CCCc1cn(CC(=O)O)c2c(/C=C/c3ccc(OCCCCOc4cccc(Cl)c4Cl)cc3)cccc12. The summed E-state index contributed by atoms with van der Waals surface area (Å²) in [6.07, 6.45) is 8.50. The molecule has 4 aromatic rings. The number of fused-ring (bicyclic) bond motifs is 1. The van der Waals surface area contributed by atoms with Crippen LogP contribution in [-0.4, -0.2) is 39.9 Å². The van der Waals surface area contributed by atoms with Crippen LogP contribution in [0, 0.1) is 0 Å². The predicted molar refractivity (Wildman–Crippen MR) is 162 cm³/mol. The number of para-hydroxylation sites is 1. The van der Waals surface area contributed by atoms with Crippen molar-refractivity contribution in [2.24, 2.45) is 0 Å². The van der Waals surface area contributed by atoms with E-state index in [2.05, 4.69) is 0 Å². The zero-order valence-corrected chi connectivity index (χ0v) is 23.9. The second-order valence-corrected chi connectivity index (χ2v) is 10.3. The van der Waals surface area contributed by atoms with Crippen LogP contribution in [0.2, 0.25) is 10.0 Å². The lowest BCUT2D eigenvalue weighted by atomic mass is 10.0. The summed E-state index contributed by atoms with van der Waals surface area (Å²) in [4.78, 5) is 22.5. The number of ether oxygens (including phenoxy) is 2. The van der Waals surface area contributed by atoms with Gasteiger partial charge in [0.15, 0.2) is 0 Å². The molecule has 0 radical (unpaired) electrons. The standard InChI is InChI=1S/C32H31Cl2NO6/c33-27-9-5-10-28(31(27)34)41-19-2-1-18-40-25-16-13-22(14-17-25)12-15-23-6-3-8-26-24(7-4-11-29(36)37)20-35(32(23)26)21-30(38)39/h3,5-6,8-10,12-17,20H,1-2,4,7,11,18-19,21H2,(H,36,37)(H,38,39)/b15-12+. The van der Waals surface area contributed by atoms with Crippen molar-refractivity contribution in [1.82, 2.24) is 4.57 Å². The maximum Gasteiger partial charge on any atom is 0.323 e. The number of carboxylic acid groups (broad SMARTS) is 2. The molecule has 0 atom stereocenters. The molecular formula is C32H31Cl2NO6. The first-order valence-corrected chi connectivity index (χ1v) is 14.1. The Hall–Kier alpha value is -3.94. The molecular weight excluding hydrogens is 565 g/mol. The van der Waals surface area contributed by atoms with Gasteiger partial charge in [-0.3, -0.25) is 9.59 Å². The van der Waals surface area contributed by atoms with E-state index in [-0.39, 0.29) is 13.0 Å². The van der Waals surface area contributed by atoms with Crippen LogP contribution >= 0.6 is 23.2 Å². The fourth-order valence-corrected chi connectivity index (χ4v) is 4.88. The summed E-state index contributed by atoms with van der Waals surface area (Å²) in [6.45, 7) is 0.894. The summed E-state index contributed by atoms with van der Waals surface area (Å²) in [6, 6.07) is 18.9. The Balaban J connectivity index is 1.34. The highest BCUT2D eigenvalue weighted by molar-refractivity contribution is 6.42. The molecule has 0 spiro atoms. The van der Waals surface area contributed by atoms with Crippen molar-refractivity contribution >= 4 is 58.2 Å². The zero-order valence-electron chi connectivity index (χ0n) is 22.4. The summed E-state index contributed by atoms with van der Waals surface area (Å²) in [5.74, 6) is -0.438. The lowest BCUT2D eigenvalue weighted by Crippen LogP contribution is -2.07. The summed E-state index contributed by atoms with van der Waals surface area (Å²) in [5, 5.41) is 20.2.